The zero-order valence-corrected chi connectivity index (χ0v) is 10.8. The predicted octanol–water partition coefficient (Wildman–Crippen LogP) is 3.27. The maximum Gasteiger partial charge on any atom is 0.251 e. The Bertz CT molecular complexity index is 443. The van der Waals surface area contributed by atoms with Gasteiger partial charge in [0.2, 0.25) is 0 Å². The molecular formula is C13H16F3NO. The smallest absolute Gasteiger partial charge is 0.251 e. The highest BCUT2D eigenvalue weighted by molar-refractivity contribution is 5.94. The van der Waals surface area contributed by atoms with Crippen molar-refractivity contribution < 1.29 is 18.0 Å². The van der Waals surface area contributed by atoms with Crippen LogP contribution in [0.3, 0.4) is 0 Å². The van der Waals surface area contributed by atoms with Crippen molar-refractivity contribution in [3.05, 3.63) is 35.1 Å². The van der Waals surface area contributed by atoms with Gasteiger partial charge in [-0.15, -0.1) is 0 Å². The van der Waals surface area contributed by atoms with Gasteiger partial charge >= 0.3 is 0 Å². The Hall–Kier alpha value is -1.52. The first-order valence-corrected chi connectivity index (χ1v) is 5.58. The minimum absolute atomic E-state index is 0.188. The molecule has 1 unspecified atom stereocenters. The Balaban J connectivity index is 2.92. The van der Waals surface area contributed by atoms with Gasteiger partial charge in [-0.05, 0) is 24.5 Å². The second-order valence-electron chi connectivity index (χ2n) is 5.32. The first-order valence-electron chi connectivity index (χ1n) is 5.58. The molecule has 1 aromatic carbocycles. The van der Waals surface area contributed by atoms with Crippen molar-refractivity contribution in [1.82, 2.24) is 5.32 Å². The van der Waals surface area contributed by atoms with E-state index in [1.807, 2.05) is 20.8 Å². The molecule has 0 saturated heterocycles. The summed E-state index contributed by atoms with van der Waals surface area (Å²) in [6, 6.07) is 1.17. The van der Waals surface area contributed by atoms with E-state index in [4.69, 9.17) is 0 Å². The van der Waals surface area contributed by atoms with Crippen LogP contribution in [0.25, 0.3) is 0 Å². The third kappa shape index (κ3) is 3.24. The Kier molecular flexibility index (Phi) is 4.04. The molecule has 1 atom stereocenters. The fraction of sp³-hybridized carbons (Fsp3) is 0.462. The average molecular weight is 259 g/mol. The highest BCUT2D eigenvalue weighted by atomic mass is 19.2. The predicted molar refractivity (Wildman–Crippen MR) is 62.7 cm³/mol. The summed E-state index contributed by atoms with van der Waals surface area (Å²) in [5.41, 5.74) is -0.422. The van der Waals surface area contributed by atoms with Gasteiger partial charge in [0.05, 0.1) is 0 Å². The SMILES string of the molecule is CC(NC(=O)c1cc(F)c(F)c(F)c1)C(C)(C)C. The van der Waals surface area contributed by atoms with Crippen LogP contribution in [-0.2, 0) is 0 Å². The van der Waals surface area contributed by atoms with Gasteiger partial charge in [-0.2, -0.15) is 0 Å². The lowest BCUT2D eigenvalue weighted by molar-refractivity contribution is 0.0909. The lowest BCUT2D eigenvalue weighted by Crippen LogP contribution is -2.41. The van der Waals surface area contributed by atoms with Crippen LogP contribution in [0.2, 0.25) is 0 Å². The van der Waals surface area contributed by atoms with Crippen molar-refractivity contribution in [2.75, 3.05) is 0 Å². The van der Waals surface area contributed by atoms with Crippen LogP contribution in [0.1, 0.15) is 38.1 Å². The van der Waals surface area contributed by atoms with Crippen LogP contribution in [0.4, 0.5) is 13.2 Å². The summed E-state index contributed by atoms with van der Waals surface area (Å²) in [5, 5.41) is 2.62. The quantitative estimate of drug-likeness (QED) is 0.811. The Morgan fingerprint density at radius 1 is 1.17 bits per heavy atom. The molecule has 0 aliphatic rings. The number of benzene rings is 1. The standard InChI is InChI=1S/C13H16F3NO/c1-7(13(2,3)4)17-12(18)8-5-9(14)11(16)10(15)6-8/h5-7H,1-4H3,(H,17,18). The molecule has 0 fully saturated rings. The zero-order valence-electron chi connectivity index (χ0n) is 10.8. The van der Waals surface area contributed by atoms with E-state index in [1.54, 1.807) is 6.92 Å². The molecule has 0 saturated carbocycles. The highest BCUT2D eigenvalue weighted by Crippen LogP contribution is 2.19. The molecule has 1 aromatic rings. The van der Waals surface area contributed by atoms with Crippen LogP contribution in [-0.4, -0.2) is 11.9 Å². The third-order valence-corrected chi connectivity index (χ3v) is 2.89. The van der Waals surface area contributed by atoms with Crippen molar-refractivity contribution >= 4 is 5.91 Å². The molecule has 0 bridgehead atoms. The van der Waals surface area contributed by atoms with Crippen LogP contribution in [0.15, 0.2) is 12.1 Å². The van der Waals surface area contributed by atoms with E-state index in [1.165, 1.54) is 0 Å². The van der Waals surface area contributed by atoms with Crippen LogP contribution in [0, 0.1) is 22.9 Å². The van der Waals surface area contributed by atoms with Crippen molar-refractivity contribution in [3.8, 4) is 0 Å². The van der Waals surface area contributed by atoms with Gasteiger partial charge in [-0.1, -0.05) is 20.8 Å². The summed E-state index contributed by atoms with van der Waals surface area (Å²) in [7, 11) is 0. The monoisotopic (exact) mass is 259 g/mol. The number of hydrogen-bond donors (Lipinski definition) is 1. The molecular weight excluding hydrogens is 243 g/mol. The summed E-state index contributed by atoms with van der Waals surface area (Å²) in [4.78, 5) is 11.8. The second kappa shape index (κ2) is 5.00. The van der Waals surface area contributed by atoms with Crippen LogP contribution < -0.4 is 5.32 Å². The molecule has 1 amide bonds. The van der Waals surface area contributed by atoms with Crippen LogP contribution >= 0.6 is 0 Å². The van der Waals surface area contributed by atoms with E-state index in [0.717, 1.165) is 0 Å². The molecule has 0 heterocycles. The topological polar surface area (TPSA) is 29.1 Å². The molecule has 100 valence electrons. The molecule has 0 aromatic heterocycles. The van der Waals surface area contributed by atoms with E-state index >= 15 is 0 Å². The van der Waals surface area contributed by atoms with E-state index in [2.05, 4.69) is 5.32 Å². The van der Waals surface area contributed by atoms with Gasteiger partial charge in [0.25, 0.3) is 5.91 Å². The number of carbonyl (C=O) groups is 1. The zero-order chi connectivity index (χ0) is 14.1. The highest BCUT2D eigenvalue weighted by Gasteiger charge is 2.23. The molecule has 18 heavy (non-hydrogen) atoms. The molecule has 0 aliphatic carbocycles. The molecule has 0 radical (unpaired) electrons. The Morgan fingerprint density at radius 3 is 2.00 bits per heavy atom. The first kappa shape index (κ1) is 14.5. The number of amides is 1. The summed E-state index contributed by atoms with van der Waals surface area (Å²) in [6.07, 6.45) is 0. The van der Waals surface area contributed by atoms with Gasteiger partial charge in [0.15, 0.2) is 17.5 Å². The number of rotatable bonds is 2. The average Bonchev–Trinajstić information content (AvgIpc) is 2.23. The summed E-state index contributed by atoms with van der Waals surface area (Å²) >= 11 is 0. The normalized spacial score (nSPS) is 13.3. The van der Waals surface area contributed by atoms with E-state index in [0.29, 0.717) is 12.1 Å². The van der Waals surface area contributed by atoms with E-state index < -0.39 is 23.4 Å². The van der Waals surface area contributed by atoms with Gasteiger partial charge < -0.3 is 5.32 Å². The molecule has 0 aliphatic heterocycles. The van der Waals surface area contributed by atoms with Crippen molar-refractivity contribution in [2.24, 2.45) is 5.41 Å². The number of hydrogen-bond acceptors (Lipinski definition) is 1. The lowest BCUT2D eigenvalue weighted by Gasteiger charge is -2.28. The Morgan fingerprint density at radius 2 is 1.61 bits per heavy atom. The summed E-state index contributed by atoms with van der Waals surface area (Å²) in [6.45, 7) is 7.55. The maximum atomic E-state index is 13.0. The van der Waals surface area contributed by atoms with Gasteiger partial charge in [0, 0.05) is 11.6 Å². The Labute approximate surface area is 104 Å². The van der Waals surface area contributed by atoms with Gasteiger partial charge in [-0.25, -0.2) is 13.2 Å². The van der Waals surface area contributed by atoms with E-state index in [9.17, 15) is 18.0 Å². The molecule has 1 N–H and O–H groups in total. The van der Waals surface area contributed by atoms with Gasteiger partial charge in [0.1, 0.15) is 0 Å². The molecule has 2 nitrogen and oxygen atoms in total. The lowest BCUT2D eigenvalue weighted by atomic mass is 9.88. The fourth-order valence-electron chi connectivity index (χ4n) is 1.18. The maximum absolute atomic E-state index is 13.0. The van der Waals surface area contributed by atoms with E-state index in [-0.39, 0.29) is 17.0 Å². The summed E-state index contributed by atoms with van der Waals surface area (Å²) < 4.78 is 38.7. The minimum atomic E-state index is -1.57. The van der Waals surface area contributed by atoms with Gasteiger partial charge in [-0.3, -0.25) is 4.79 Å². The number of carbonyl (C=O) groups excluding carboxylic acids is 1. The second-order valence-corrected chi connectivity index (χ2v) is 5.32. The largest absolute Gasteiger partial charge is 0.349 e. The first-order chi connectivity index (χ1) is 8.12. The number of nitrogens with one attached hydrogen (secondary N) is 1. The summed E-state index contributed by atoms with van der Waals surface area (Å²) in [5.74, 6) is -4.95. The van der Waals surface area contributed by atoms with Crippen molar-refractivity contribution in [1.29, 1.82) is 0 Å². The third-order valence-electron chi connectivity index (χ3n) is 2.89. The fourth-order valence-corrected chi connectivity index (χ4v) is 1.18. The van der Waals surface area contributed by atoms with Crippen molar-refractivity contribution in [3.63, 3.8) is 0 Å². The minimum Gasteiger partial charge on any atom is -0.349 e. The van der Waals surface area contributed by atoms with Crippen LogP contribution in [0.5, 0.6) is 0 Å². The number of halogens is 3. The molecule has 5 heteroatoms. The molecule has 1 rings (SSSR count). The van der Waals surface area contributed by atoms with Crippen molar-refractivity contribution in [2.45, 2.75) is 33.7 Å². The molecule has 0 spiro atoms.